The molecule has 4 N–H and O–H groups in total. The zero-order valence-corrected chi connectivity index (χ0v) is 21.1. The normalized spacial score (nSPS) is 25.6. The first-order chi connectivity index (χ1) is 16.5. The Balaban J connectivity index is 1.30. The maximum Gasteiger partial charge on any atom is 0.242 e. The van der Waals surface area contributed by atoms with Gasteiger partial charge in [-0.25, -0.2) is 0 Å². The van der Waals surface area contributed by atoms with Crippen molar-refractivity contribution in [3.8, 4) is 0 Å². The van der Waals surface area contributed by atoms with Crippen LogP contribution >= 0.6 is 0 Å². The van der Waals surface area contributed by atoms with E-state index in [2.05, 4.69) is 5.32 Å². The van der Waals surface area contributed by atoms with Gasteiger partial charge in [0.25, 0.3) is 0 Å². The predicted molar refractivity (Wildman–Crippen MR) is 135 cm³/mol. The summed E-state index contributed by atoms with van der Waals surface area (Å²) >= 11 is 0. The van der Waals surface area contributed by atoms with Crippen molar-refractivity contribution in [3.05, 3.63) is 0 Å². The molecule has 7 nitrogen and oxygen atoms in total. The maximum absolute atomic E-state index is 13.6. The van der Waals surface area contributed by atoms with Gasteiger partial charge in [-0.1, -0.05) is 64.2 Å². The van der Waals surface area contributed by atoms with Gasteiger partial charge in [0.15, 0.2) is 5.96 Å². The summed E-state index contributed by atoms with van der Waals surface area (Å²) in [6, 6.07) is -0.289. The summed E-state index contributed by atoms with van der Waals surface area (Å²) in [5.74, 6) is 2.76. The van der Waals surface area contributed by atoms with Crippen molar-refractivity contribution in [2.24, 2.45) is 29.4 Å². The van der Waals surface area contributed by atoms with Crippen molar-refractivity contribution in [1.82, 2.24) is 15.1 Å². The molecule has 0 bridgehead atoms. The van der Waals surface area contributed by atoms with E-state index in [1.165, 1.54) is 64.2 Å². The summed E-state index contributed by atoms with van der Waals surface area (Å²) in [4.78, 5) is 30.5. The second-order valence-electron chi connectivity index (χ2n) is 11.5. The van der Waals surface area contributed by atoms with Gasteiger partial charge in [0.2, 0.25) is 11.8 Å². The molecule has 0 aromatic carbocycles. The number of rotatable bonds is 7. The lowest BCUT2D eigenvalue weighted by Gasteiger charge is -2.38. The molecule has 0 unspecified atom stereocenters. The second-order valence-corrected chi connectivity index (χ2v) is 11.5. The molecule has 0 radical (unpaired) electrons. The largest absolute Gasteiger partial charge is 0.370 e. The minimum atomic E-state index is -0.289. The van der Waals surface area contributed by atoms with E-state index in [-0.39, 0.29) is 23.8 Å². The number of nitrogens with two attached hydrogens (primary N) is 1. The fourth-order valence-corrected chi connectivity index (χ4v) is 7.24. The number of guanidine groups is 1. The number of nitrogens with zero attached hydrogens (tertiary/aromatic N) is 2. The Hall–Kier alpha value is -1.79. The Labute approximate surface area is 206 Å². The maximum atomic E-state index is 13.6. The van der Waals surface area contributed by atoms with Crippen LogP contribution in [0.3, 0.4) is 0 Å². The summed E-state index contributed by atoms with van der Waals surface area (Å²) in [5.41, 5.74) is 5.59. The highest BCUT2D eigenvalue weighted by Crippen LogP contribution is 2.42. The summed E-state index contributed by atoms with van der Waals surface area (Å²) in [7, 11) is 0. The molecule has 192 valence electrons. The molecule has 4 aliphatic rings. The summed E-state index contributed by atoms with van der Waals surface area (Å²) in [6.07, 6.45) is 17.4. The summed E-state index contributed by atoms with van der Waals surface area (Å²) in [5, 5.41) is 10.7. The van der Waals surface area contributed by atoms with Crippen LogP contribution in [0.25, 0.3) is 0 Å². The molecule has 4 rings (SSSR count). The van der Waals surface area contributed by atoms with E-state index < -0.39 is 0 Å². The number of carbonyl (C=O) groups excluding carboxylic acids is 2. The molecule has 2 aliphatic heterocycles. The fourth-order valence-electron chi connectivity index (χ4n) is 7.24. The second kappa shape index (κ2) is 12.3. The van der Waals surface area contributed by atoms with E-state index in [4.69, 9.17) is 11.1 Å². The van der Waals surface area contributed by atoms with E-state index in [1.807, 2.05) is 9.80 Å². The van der Waals surface area contributed by atoms with Gasteiger partial charge in [-0.2, -0.15) is 0 Å². The van der Waals surface area contributed by atoms with E-state index in [0.29, 0.717) is 36.6 Å². The first-order valence-corrected chi connectivity index (χ1v) is 14.2. The molecule has 2 aliphatic carbocycles. The topological polar surface area (TPSA) is 103 Å². The average molecular weight is 474 g/mol. The Morgan fingerprint density at radius 1 is 0.824 bits per heavy atom. The zero-order chi connectivity index (χ0) is 23.9. The molecular formula is C27H47N5O2. The molecule has 2 amide bonds. The molecular weight excluding hydrogens is 426 g/mol. The number of amides is 2. The highest BCUT2D eigenvalue weighted by atomic mass is 16.2. The van der Waals surface area contributed by atoms with E-state index >= 15 is 0 Å². The number of likely N-dealkylation sites (tertiary alicyclic amines) is 2. The Bertz CT molecular complexity index is 675. The summed E-state index contributed by atoms with van der Waals surface area (Å²) in [6.45, 7) is 2.97. The van der Waals surface area contributed by atoms with Crippen LogP contribution in [0.15, 0.2) is 0 Å². The molecule has 2 saturated carbocycles. The number of nitrogens with one attached hydrogen (secondary N) is 2. The van der Waals surface area contributed by atoms with Crippen LogP contribution in [0.2, 0.25) is 0 Å². The first kappa shape index (κ1) is 25.3. The van der Waals surface area contributed by atoms with Crippen LogP contribution in [0, 0.1) is 29.1 Å². The Kier molecular flexibility index (Phi) is 9.12. The number of hydrogen-bond donors (Lipinski definition) is 3. The number of carbonyl (C=O) groups is 2. The molecule has 34 heavy (non-hydrogen) atoms. The third-order valence-corrected chi connectivity index (χ3v) is 9.32. The van der Waals surface area contributed by atoms with E-state index in [1.54, 1.807) is 0 Å². The standard InChI is InChI=1S/C27H47N5O2/c28-27(29)31-16-13-20(14-17-31)19-30-26(34)24-12-7-15-32(24)25(33)18-23(21-8-3-1-4-9-21)22-10-5-2-6-11-22/h20-24H,1-19H2,(H3,28,29)(H,30,34)/t24-/m0/s1. The van der Waals surface area contributed by atoms with Crippen LogP contribution in [0.5, 0.6) is 0 Å². The van der Waals surface area contributed by atoms with Gasteiger partial charge in [0.05, 0.1) is 0 Å². The molecule has 2 heterocycles. The summed E-state index contributed by atoms with van der Waals surface area (Å²) < 4.78 is 0. The molecule has 0 aromatic heterocycles. The quantitative estimate of drug-likeness (QED) is 0.386. The van der Waals surface area contributed by atoms with Crippen LogP contribution in [-0.4, -0.2) is 59.8 Å². The van der Waals surface area contributed by atoms with Crippen molar-refractivity contribution >= 4 is 17.8 Å². The average Bonchev–Trinajstić information content (AvgIpc) is 3.37. The lowest BCUT2D eigenvalue weighted by molar-refractivity contribution is -0.140. The van der Waals surface area contributed by atoms with Crippen molar-refractivity contribution in [1.29, 1.82) is 5.41 Å². The minimum absolute atomic E-state index is 0.0340. The van der Waals surface area contributed by atoms with Gasteiger partial charge >= 0.3 is 0 Å². The third-order valence-electron chi connectivity index (χ3n) is 9.32. The van der Waals surface area contributed by atoms with E-state index in [0.717, 1.165) is 45.3 Å². The van der Waals surface area contributed by atoms with Gasteiger partial charge in [-0.05, 0) is 49.4 Å². The smallest absolute Gasteiger partial charge is 0.242 e. The molecule has 1 atom stereocenters. The molecule has 7 heteroatoms. The van der Waals surface area contributed by atoms with Gasteiger partial charge in [0, 0.05) is 32.6 Å². The minimum Gasteiger partial charge on any atom is -0.370 e. The predicted octanol–water partition coefficient (Wildman–Crippen LogP) is 3.87. The molecule has 4 fully saturated rings. The SMILES string of the molecule is N=C(N)N1CCC(CNC(=O)[C@@H]2CCCN2C(=O)CC(C2CCCCC2)C2CCCCC2)CC1. The third kappa shape index (κ3) is 6.45. The van der Waals surface area contributed by atoms with Crippen LogP contribution in [0.4, 0.5) is 0 Å². The van der Waals surface area contributed by atoms with Crippen molar-refractivity contribution in [3.63, 3.8) is 0 Å². The highest BCUT2D eigenvalue weighted by molar-refractivity contribution is 5.88. The van der Waals surface area contributed by atoms with Crippen molar-refractivity contribution < 1.29 is 9.59 Å². The fraction of sp³-hybridized carbons (Fsp3) is 0.889. The van der Waals surface area contributed by atoms with Gasteiger partial charge in [-0.3, -0.25) is 15.0 Å². The highest BCUT2D eigenvalue weighted by Gasteiger charge is 2.38. The first-order valence-electron chi connectivity index (χ1n) is 14.2. The van der Waals surface area contributed by atoms with Crippen LogP contribution < -0.4 is 11.1 Å². The lowest BCUT2D eigenvalue weighted by atomic mass is 9.68. The lowest BCUT2D eigenvalue weighted by Crippen LogP contribution is -2.49. The van der Waals surface area contributed by atoms with Gasteiger partial charge in [-0.15, -0.1) is 0 Å². The van der Waals surface area contributed by atoms with Crippen molar-refractivity contribution in [2.75, 3.05) is 26.2 Å². The Morgan fingerprint density at radius 3 is 1.97 bits per heavy atom. The van der Waals surface area contributed by atoms with Gasteiger partial charge in [0.1, 0.15) is 6.04 Å². The van der Waals surface area contributed by atoms with Crippen molar-refractivity contribution in [2.45, 2.75) is 102 Å². The monoisotopic (exact) mass is 473 g/mol. The Morgan fingerprint density at radius 2 is 1.41 bits per heavy atom. The van der Waals surface area contributed by atoms with Crippen LogP contribution in [0.1, 0.15) is 96.3 Å². The number of hydrogen-bond acceptors (Lipinski definition) is 3. The molecule has 2 saturated heterocycles. The van der Waals surface area contributed by atoms with Gasteiger partial charge < -0.3 is 20.9 Å². The number of piperidine rings is 1. The molecule has 0 spiro atoms. The van der Waals surface area contributed by atoms with Crippen LogP contribution in [-0.2, 0) is 9.59 Å². The molecule has 0 aromatic rings. The van der Waals surface area contributed by atoms with E-state index in [9.17, 15) is 9.59 Å². The zero-order valence-electron chi connectivity index (χ0n) is 21.1.